The van der Waals surface area contributed by atoms with Crippen LogP contribution in [-0.4, -0.2) is 134 Å². The molecule has 0 aromatic rings. The number of methoxy groups -OCH3 is 4. The first-order valence-electron chi connectivity index (χ1n) is 24.3. The minimum Gasteiger partial charge on any atom is -0.460 e. The SMILES string of the molecule is CO[C@H]1C[C@@H]2CC[C@@H](C)[C@@](O)(O2)C(=O)C(=O)N2CCCC[C@H]2C(=O)O[C@H]([C@H](C)C[C@H]2CC[C@@H](O)[C@H](OC)C2)CC(=O)[C@H](C)/C=C(\C)[C@@H](OC)[C@@H](OC)C(=O)[C@H](C)C[C@H](C)/C=C/C=C/C=C/1C. The number of cyclic esters (lactones) is 1. The maximum Gasteiger partial charge on any atom is 0.329 e. The molecule has 0 aromatic carbocycles. The Labute approximate surface area is 393 Å². The molecule has 1 saturated carbocycles. The third kappa shape index (κ3) is 14.3. The summed E-state index contributed by atoms with van der Waals surface area (Å²) in [7, 11) is 6.15. The summed E-state index contributed by atoms with van der Waals surface area (Å²) in [4.78, 5) is 72.3. The highest BCUT2D eigenvalue weighted by Crippen LogP contribution is 2.38. The number of nitrogens with zero attached hydrogens (tertiary/aromatic N) is 1. The maximum atomic E-state index is 14.4. The summed E-state index contributed by atoms with van der Waals surface area (Å²) >= 11 is 0. The molecule has 1 aliphatic carbocycles. The summed E-state index contributed by atoms with van der Waals surface area (Å²) in [6, 6.07) is -1.12. The normalized spacial score (nSPS) is 40.0. The highest BCUT2D eigenvalue weighted by atomic mass is 16.6. The van der Waals surface area contributed by atoms with Crippen LogP contribution >= 0.6 is 0 Å². The number of hydrogen-bond acceptors (Lipinski definition) is 13. The number of rotatable bonds is 7. The predicted molar refractivity (Wildman–Crippen MR) is 250 cm³/mol. The molecular weight excluding hydrogens is 847 g/mol. The van der Waals surface area contributed by atoms with Crippen molar-refractivity contribution in [2.24, 2.45) is 35.5 Å². The molecule has 66 heavy (non-hydrogen) atoms. The van der Waals surface area contributed by atoms with Crippen molar-refractivity contribution < 1.29 is 62.6 Å². The van der Waals surface area contributed by atoms with Gasteiger partial charge >= 0.3 is 5.97 Å². The molecule has 2 bridgehead atoms. The van der Waals surface area contributed by atoms with Crippen LogP contribution in [0, 0.1) is 35.5 Å². The zero-order valence-electron chi connectivity index (χ0n) is 41.6. The molecule has 14 nitrogen and oxygen atoms in total. The smallest absolute Gasteiger partial charge is 0.329 e. The van der Waals surface area contributed by atoms with Crippen molar-refractivity contribution in [3.8, 4) is 0 Å². The molecule has 0 aromatic heterocycles. The van der Waals surface area contributed by atoms with E-state index in [1.165, 1.54) is 19.1 Å². The van der Waals surface area contributed by atoms with E-state index in [4.69, 9.17) is 28.4 Å². The van der Waals surface area contributed by atoms with Crippen molar-refractivity contribution in [1.82, 2.24) is 4.90 Å². The number of esters is 1. The van der Waals surface area contributed by atoms with Crippen molar-refractivity contribution in [1.29, 1.82) is 0 Å². The third-order valence-corrected chi connectivity index (χ3v) is 14.7. The number of allylic oxidation sites excluding steroid dienone is 6. The number of carbonyl (C=O) groups is 5. The van der Waals surface area contributed by atoms with E-state index in [2.05, 4.69) is 0 Å². The van der Waals surface area contributed by atoms with Gasteiger partial charge in [-0.15, -0.1) is 0 Å². The Morgan fingerprint density at radius 1 is 0.818 bits per heavy atom. The number of hydrogen-bond donors (Lipinski definition) is 2. The molecule has 3 fully saturated rings. The quantitative estimate of drug-likeness (QED) is 0.154. The van der Waals surface area contributed by atoms with E-state index in [1.807, 2.05) is 58.1 Å². The van der Waals surface area contributed by atoms with Crippen LogP contribution in [0.15, 0.2) is 47.6 Å². The van der Waals surface area contributed by atoms with Gasteiger partial charge in [-0.05, 0) is 107 Å². The lowest BCUT2D eigenvalue weighted by Gasteiger charge is -2.42. The van der Waals surface area contributed by atoms with Crippen molar-refractivity contribution in [3.63, 3.8) is 0 Å². The second-order valence-corrected chi connectivity index (χ2v) is 19.8. The molecule has 1 amide bonds. The van der Waals surface area contributed by atoms with Crippen molar-refractivity contribution >= 4 is 29.2 Å². The lowest BCUT2D eigenvalue weighted by Crippen LogP contribution is -2.61. The fourth-order valence-corrected chi connectivity index (χ4v) is 10.4. The lowest BCUT2D eigenvalue weighted by atomic mass is 9.78. The monoisotopic (exact) mass is 928 g/mol. The Morgan fingerprint density at radius 3 is 2.20 bits per heavy atom. The van der Waals surface area contributed by atoms with E-state index in [0.717, 1.165) is 12.0 Å². The highest BCUT2D eigenvalue weighted by Gasteiger charge is 2.53. The van der Waals surface area contributed by atoms with Crippen LogP contribution < -0.4 is 0 Å². The van der Waals surface area contributed by atoms with Crippen LogP contribution in [0.2, 0.25) is 0 Å². The van der Waals surface area contributed by atoms with Gasteiger partial charge in [0, 0.05) is 65.6 Å². The Hall–Kier alpha value is -3.37. The molecule has 4 aliphatic rings. The lowest BCUT2D eigenvalue weighted by molar-refractivity contribution is -0.265. The van der Waals surface area contributed by atoms with Gasteiger partial charge in [0.2, 0.25) is 5.79 Å². The maximum absolute atomic E-state index is 14.4. The fraction of sp³-hybridized carbons (Fsp3) is 0.750. The van der Waals surface area contributed by atoms with Gasteiger partial charge in [-0.2, -0.15) is 0 Å². The van der Waals surface area contributed by atoms with Gasteiger partial charge in [0.25, 0.3) is 11.7 Å². The summed E-state index contributed by atoms with van der Waals surface area (Å²) in [5.74, 6) is -7.45. The Kier molecular flexibility index (Phi) is 21.6. The zero-order valence-corrected chi connectivity index (χ0v) is 41.6. The summed E-state index contributed by atoms with van der Waals surface area (Å²) < 4.78 is 35.5. The number of piperidine rings is 1. The number of carbonyl (C=O) groups excluding carboxylic acids is 5. The van der Waals surface area contributed by atoms with Gasteiger partial charge in [-0.25, -0.2) is 4.79 Å². The molecule has 14 heteroatoms. The summed E-state index contributed by atoms with van der Waals surface area (Å²) in [6.07, 6.45) is 12.6. The van der Waals surface area contributed by atoms with Gasteiger partial charge in [0.1, 0.15) is 30.1 Å². The van der Waals surface area contributed by atoms with Crippen LogP contribution in [0.1, 0.15) is 126 Å². The zero-order chi connectivity index (χ0) is 48.9. The fourth-order valence-electron chi connectivity index (χ4n) is 10.4. The van der Waals surface area contributed by atoms with Gasteiger partial charge in [-0.1, -0.05) is 71.1 Å². The molecule has 2 saturated heterocycles. The summed E-state index contributed by atoms with van der Waals surface area (Å²) in [5.41, 5.74) is 1.54. The molecule has 0 radical (unpaired) electrons. The number of aliphatic hydroxyl groups excluding tert-OH is 1. The topological polar surface area (TPSA) is 184 Å². The second kappa shape index (κ2) is 25.8. The van der Waals surface area contributed by atoms with Gasteiger partial charge in [-0.3, -0.25) is 19.2 Å². The van der Waals surface area contributed by atoms with Gasteiger partial charge in [0.15, 0.2) is 5.78 Å². The largest absolute Gasteiger partial charge is 0.460 e. The Bertz CT molecular complexity index is 1770. The van der Waals surface area contributed by atoms with Crippen molar-refractivity contribution in [3.05, 3.63) is 47.6 Å². The van der Waals surface area contributed by atoms with Crippen LogP contribution in [0.25, 0.3) is 0 Å². The first kappa shape index (κ1) is 55.2. The minimum absolute atomic E-state index is 0.0599. The average Bonchev–Trinajstić information content (AvgIpc) is 3.29. The second-order valence-electron chi connectivity index (χ2n) is 19.8. The minimum atomic E-state index is -2.42. The first-order chi connectivity index (χ1) is 31.3. The Balaban J connectivity index is 1.72. The van der Waals surface area contributed by atoms with Crippen LogP contribution in [0.5, 0.6) is 0 Å². The molecular formula is C52H81NO13. The molecule has 4 rings (SSSR count). The van der Waals surface area contributed by atoms with Crippen molar-refractivity contribution in [2.75, 3.05) is 35.0 Å². The number of Topliss-reactive ketones (excluding diaryl/α,β-unsaturated/α-hetero) is 3. The standard InChI is InChI=1S/C52H81NO13/c1-31-17-13-12-14-18-32(2)43(61-8)29-39-22-20-37(7)52(60,66-39)49(57)50(58)53-24-16-15-19-40(53)51(59)65-44(34(4)27-38-21-23-41(54)45(28-38)62-9)30-42(55)33(3)26-36(6)47(63-10)48(64-11)46(56)35(5)25-31/h12-14,17-18,26,31,33-35,37-41,43-45,47-48,54,60H,15-16,19-25,27-30H2,1-11H3/b14-12+,17-13+,32-18+,36-26+/t31-,33-,34-,35-,37-,38-,39+,40+,41-,43+,44+,45-,47-,48+,52-/m1/s1. The molecule has 372 valence electrons. The average molecular weight is 928 g/mol. The van der Waals surface area contributed by atoms with E-state index in [9.17, 15) is 34.2 Å². The van der Waals surface area contributed by atoms with Gasteiger partial charge in [0.05, 0.1) is 24.4 Å². The molecule has 2 N–H and O–H groups in total. The summed E-state index contributed by atoms with van der Waals surface area (Å²) in [6.45, 7) is 13.1. The van der Waals surface area contributed by atoms with E-state index < -0.39 is 77.9 Å². The van der Waals surface area contributed by atoms with E-state index in [0.29, 0.717) is 63.4 Å². The molecule has 3 heterocycles. The van der Waals surface area contributed by atoms with Gasteiger partial charge < -0.3 is 43.5 Å². The third-order valence-electron chi connectivity index (χ3n) is 14.7. The van der Waals surface area contributed by atoms with Crippen LogP contribution in [0.4, 0.5) is 0 Å². The number of ether oxygens (including phenoxy) is 6. The van der Waals surface area contributed by atoms with Crippen LogP contribution in [-0.2, 0) is 52.4 Å². The highest BCUT2D eigenvalue weighted by molar-refractivity contribution is 6.39. The Morgan fingerprint density at radius 2 is 1.53 bits per heavy atom. The number of amides is 1. The van der Waals surface area contributed by atoms with E-state index in [-0.39, 0.29) is 60.7 Å². The van der Waals surface area contributed by atoms with E-state index in [1.54, 1.807) is 41.1 Å². The predicted octanol–water partition coefficient (Wildman–Crippen LogP) is 6.83. The molecule has 15 atom stereocenters. The van der Waals surface area contributed by atoms with Crippen LogP contribution in [0.3, 0.4) is 0 Å². The first-order valence-corrected chi connectivity index (χ1v) is 24.3. The molecule has 3 aliphatic heterocycles. The number of fused-ring (bicyclic) bond motifs is 3. The number of ketones is 3. The number of aliphatic hydroxyl groups is 2. The van der Waals surface area contributed by atoms with Crippen molar-refractivity contribution in [2.45, 2.75) is 180 Å². The van der Waals surface area contributed by atoms with E-state index >= 15 is 0 Å². The molecule has 0 spiro atoms. The summed E-state index contributed by atoms with van der Waals surface area (Å²) in [5, 5.41) is 22.5. The molecule has 0 unspecified atom stereocenters.